The van der Waals surface area contributed by atoms with Crippen molar-refractivity contribution in [2.24, 2.45) is 0 Å². The highest BCUT2D eigenvalue weighted by atomic mass is 35.5. The van der Waals surface area contributed by atoms with Crippen LogP contribution in [0.15, 0.2) is 36.5 Å². The zero-order chi connectivity index (χ0) is 17.1. The number of halogens is 1. The number of hydrogen-bond donors (Lipinski definition) is 3. The summed E-state index contributed by atoms with van der Waals surface area (Å²) in [6.07, 6.45) is 1.69. The van der Waals surface area contributed by atoms with E-state index in [0.29, 0.717) is 34.6 Å². The number of aromatic nitrogens is 2. The van der Waals surface area contributed by atoms with E-state index in [2.05, 4.69) is 15.3 Å². The molecule has 124 valence electrons. The second-order valence-electron chi connectivity index (χ2n) is 5.16. The summed E-state index contributed by atoms with van der Waals surface area (Å²) in [5, 5.41) is 14.4. The normalized spacial score (nSPS) is 10.8. The van der Waals surface area contributed by atoms with E-state index in [-0.39, 0.29) is 6.61 Å². The van der Waals surface area contributed by atoms with Crippen LogP contribution < -0.4 is 15.8 Å². The van der Waals surface area contributed by atoms with E-state index in [4.69, 9.17) is 27.2 Å². The fraction of sp³-hybridized carbons (Fsp3) is 0.176. The van der Waals surface area contributed by atoms with Gasteiger partial charge in [0.1, 0.15) is 17.4 Å². The van der Waals surface area contributed by atoms with Crippen molar-refractivity contribution < 1.29 is 9.84 Å². The fourth-order valence-electron chi connectivity index (χ4n) is 2.48. The van der Waals surface area contributed by atoms with Crippen LogP contribution in [0.2, 0.25) is 5.02 Å². The molecule has 6 nitrogen and oxygen atoms in total. The molecule has 0 aliphatic rings. The molecular formula is C17H17ClN4O2. The summed E-state index contributed by atoms with van der Waals surface area (Å²) in [7, 11) is 1.57. The highest BCUT2D eigenvalue weighted by Crippen LogP contribution is 2.36. The van der Waals surface area contributed by atoms with Gasteiger partial charge in [-0.25, -0.2) is 9.97 Å². The average Bonchev–Trinajstić information content (AvgIpc) is 2.60. The van der Waals surface area contributed by atoms with E-state index in [9.17, 15) is 0 Å². The Morgan fingerprint density at radius 2 is 2.17 bits per heavy atom. The molecule has 0 unspecified atom stereocenters. The third kappa shape index (κ3) is 3.06. The summed E-state index contributed by atoms with van der Waals surface area (Å²) in [6, 6.07) is 9.17. The molecular weight excluding hydrogens is 328 g/mol. The SMILES string of the molecule is COc1cccc(-c2cc3cnc(N)cc3c(NCCO)n2)c1Cl. The van der Waals surface area contributed by atoms with Crippen molar-refractivity contribution in [2.75, 3.05) is 31.3 Å². The Balaban J connectivity index is 2.20. The average molecular weight is 345 g/mol. The molecule has 0 atom stereocenters. The van der Waals surface area contributed by atoms with Gasteiger partial charge in [-0.05, 0) is 18.2 Å². The van der Waals surface area contributed by atoms with Crippen molar-refractivity contribution in [1.82, 2.24) is 9.97 Å². The molecule has 3 aromatic rings. The highest BCUT2D eigenvalue weighted by Gasteiger charge is 2.13. The molecule has 0 spiro atoms. The molecule has 4 N–H and O–H groups in total. The number of rotatable bonds is 5. The van der Waals surface area contributed by atoms with Crippen LogP contribution in [0.25, 0.3) is 22.0 Å². The number of fused-ring (bicyclic) bond motifs is 1. The van der Waals surface area contributed by atoms with Crippen molar-refractivity contribution in [1.29, 1.82) is 0 Å². The van der Waals surface area contributed by atoms with Crippen molar-refractivity contribution in [3.05, 3.63) is 41.6 Å². The lowest BCUT2D eigenvalue weighted by Gasteiger charge is -2.13. The Kier molecular flexibility index (Phi) is 4.69. The van der Waals surface area contributed by atoms with Gasteiger partial charge in [0.2, 0.25) is 0 Å². The van der Waals surface area contributed by atoms with Crippen molar-refractivity contribution in [3.8, 4) is 17.0 Å². The predicted molar refractivity (Wildman–Crippen MR) is 96.5 cm³/mol. The van der Waals surface area contributed by atoms with Gasteiger partial charge < -0.3 is 20.9 Å². The number of methoxy groups -OCH3 is 1. The minimum atomic E-state index is -0.00607. The van der Waals surface area contributed by atoms with Gasteiger partial charge in [0, 0.05) is 29.1 Å². The number of nitrogen functional groups attached to an aromatic ring is 1. The van der Waals surface area contributed by atoms with E-state index < -0.39 is 0 Å². The summed E-state index contributed by atoms with van der Waals surface area (Å²) < 4.78 is 5.27. The first-order valence-corrected chi connectivity index (χ1v) is 7.75. The molecule has 0 fully saturated rings. The molecule has 2 aromatic heterocycles. The van der Waals surface area contributed by atoms with Gasteiger partial charge >= 0.3 is 0 Å². The molecule has 0 bridgehead atoms. The van der Waals surface area contributed by atoms with Crippen LogP contribution in [0.1, 0.15) is 0 Å². The molecule has 0 amide bonds. The number of pyridine rings is 2. The quantitative estimate of drug-likeness (QED) is 0.659. The van der Waals surface area contributed by atoms with Crippen molar-refractivity contribution in [3.63, 3.8) is 0 Å². The van der Waals surface area contributed by atoms with E-state index >= 15 is 0 Å². The second-order valence-corrected chi connectivity index (χ2v) is 5.54. The first kappa shape index (κ1) is 16.3. The number of benzene rings is 1. The van der Waals surface area contributed by atoms with E-state index in [0.717, 1.165) is 16.3 Å². The van der Waals surface area contributed by atoms with E-state index in [1.54, 1.807) is 25.4 Å². The number of nitrogens with two attached hydrogens (primary N) is 1. The van der Waals surface area contributed by atoms with Crippen LogP contribution in [-0.4, -0.2) is 35.3 Å². The van der Waals surface area contributed by atoms with Gasteiger partial charge in [0.25, 0.3) is 0 Å². The van der Waals surface area contributed by atoms with Gasteiger partial charge in [0.15, 0.2) is 0 Å². The smallest absolute Gasteiger partial charge is 0.138 e. The van der Waals surface area contributed by atoms with Crippen LogP contribution in [0.3, 0.4) is 0 Å². The predicted octanol–water partition coefficient (Wildman–Crippen LogP) is 2.95. The number of nitrogens with one attached hydrogen (secondary N) is 1. The largest absolute Gasteiger partial charge is 0.495 e. The molecule has 3 rings (SSSR count). The first-order valence-electron chi connectivity index (χ1n) is 7.38. The van der Waals surface area contributed by atoms with Crippen molar-refractivity contribution >= 4 is 34.0 Å². The number of anilines is 2. The Labute approximate surface area is 144 Å². The van der Waals surface area contributed by atoms with Gasteiger partial charge in [-0.15, -0.1) is 0 Å². The molecule has 2 heterocycles. The lowest BCUT2D eigenvalue weighted by atomic mass is 10.1. The standard InChI is InChI=1S/C17H17ClN4O2/c1-24-14-4-2-3-11(16(14)18)13-7-10-9-21-15(19)8-12(10)17(22-13)20-5-6-23/h2-4,7-9,23H,5-6H2,1H3,(H2,19,21)(H,20,22). The van der Waals surface area contributed by atoms with Crippen LogP contribution >= 0.6 is 11.6 Å². The highest BCUT2D eigenvalue weighted by molar-refractivity contribution is 6.34. The van der Waals surface area contributed by atoms with Gasteiger partial charge in [-0.2, -0.15) is 0 Å². The summed E-state index contributed by atoms with van der Waals surface area (Å²) in [5.74, 6) is 1.60. The Morgan fingerprint density at radius 3 is 2.92 bits per heavy atom. The second kappa shape index (κ2) is 6.90. The Hall–Kier alpha value is -2.57. The Morgan fingerprint density at radius 1 is 1.33 bits per heavy atom. The maximum absolute atomic E-state index is 9.09. The minimum Gasteiger partial charge on any atom is -0.495 e. The van der Waals surface area contributed by atoms with Gasteiger partial charge in [-0.3, -0.25) is 0 Å². The fourth-order valence-corrected chi connectivity index (χ4v) is 2.78. The minimum absolute atomic E-state index is 0.00607. The van der Waals surface area contributed by atoms with E-state index in [1.165, 1.54) is 0 Å². The van der Waals surface area contributed by atoms with Crippen molar-refractivity contribution in [2.45, 2.75) is 0 Å². The van der Waals surface area contributed by atoms with Crippen LogP contribution in [0.5, 0.6) is 5.75 Å². The maximum Gasteiger partial charge on any atom is 0.138 e. The van der Waals surface area contributed by atoms with Gasteiger partial charge in [0.05, 0.1) is 24.4 Å². The molecule has 0 radical (unpaired) electrons. The molecule has 1 aromatic carbocycles. The van der Waals surface area contributed by atoms with E-state index in [1.807, 2.05) is 18.2 Å². The molecule has 0 saturated heterocycles. The molecule has 7 heteroatoms. The lowest BCUT2D eigenvalue weighted by Crippen LogP contribution is -2.08. The molecule has 24 heavy (non-hydrogen) atoms. The Bertz CT molecular complexity index is 886. The zero-order valence-electron chi connectivity index (χ0n) is 13.1. The number of ether oxygens (including phenoxy) is 1. The van der Waals surface area contributed by atoms with Crippen LogP contribution in [0.4, 0.5) is 11.6 Å². The zero-order valence-corrected chi connectivity index (χ0v) is 13.8. The van der Waals surface area contributed by atoms with Crippen LogP contribution in [-0.2, 0) is 0 Å². The molecule has 0 aliphatic carbocycles. The molecule has 0 saturated carbocycles. The summed E-state index contributed by atoms with van der Waals surface area (Å²) in [4.78, 5) is 8.78. The summed E-state index contributed by atoms with van der Waals surface area (Å²) >= 11 is 6.42. The summed E-state index contributed by atoms with van der Waals surface area (Å²) in [5.41, 5.74) is 7.21. The topological polar surface area (TPSA) is 93.3 Å². The third-order valence-electron chi connectivity index (χ3n) is 3.60. The molecule has 0 aliphatic heterocycles. The number of hydrogen-bond acceptors (Lipinski definition) is 6. The summed E-state index contributed by atoms with van der Waals surface area (Å²) in [6.45, 7) is 0.369. The van der Waals surface area contributed by atoms with Gasteiger partial charge in [-0.1, -0.05) is 23.7 Å². The number of nitrogens with zero attached hydrogens (tertiary/aromatic N) is 2. The first-order chi connectivity index (χ1) is 11.6. The number of aliphatic hydroxyl groups is 1. The third-order valence-corrected chi connectivity index (χ3v) is 3.99. The maximum atomic E-state index is 9.09. The van der Waals surface area contributed by atoms with Crippen LogP contribution in [0, 0.1) is 0 Å². The number of aliphatic hydroxyl groups excluding tert-OH is 1. The monoisotopic (exact) mass is 344 g/mol. The lowest BCUT2D eigenvalue weighted by molar-refractivity contribution is 0.311.